The van der Waals surface area contributed by atoms with Crippen LogP contribution in [0.4, 0.5) is 0 Å². The van der Waals surface area contributed by atoms with Gasteiger partial charge in [0.25, 0.3) is 0 Å². The van der Waals surface area contributed by atoms with Gasteiger partial charge in [-0.2, -0.15) is 10.2 Å². The Bertz CT molecular complexity index is 1140. The third-order valence-corrected chi connectivity index (χ3v) is 4.18. The first-order valence-corrected chi connectivity index (χ1v) is 9.29. The molecule has 7 heteroatoms. The lowest BCUT2D eigenvalue weighted by atomic mass is 10.2. The molecule has 7 nitrogen and oxygen atoms in total. The third kappa shape index (κ3) is 3.74. The van der Waals surface area contributed by atoms with E-state index in [1.54, 1.807) is 17.1 Å². The molecule has 3 heterocycles. The van der Waals surface area contributed by atoms with E-state index in [4.69, 9.17) is 11.1 Å². The van der Waals surface area contributed by atoms with Crippen molar-refractivity contribution in [1.29, 1.82) is 0 Å². The smallest absolute Gasteiger partial charge is 0.181 e. The van der Waals surface area contributed by atoms with Crippen LogP contribution in [0.2, 0.25) is 0 Å². The van der Waals surface area contributed by atoms with Crippen molar-refractivity contribution in [3.05, 3.63) is 42.9 Å². The number of benzene rings is 1. The Kier molecular flexibility index (Phi) is 4.48. The van der Waals surface area contributed by atoms with Gasteiger partial charge in [0.2, 0.25) is 0 Å². The molecule has 0 spiro atoms. The number of fused-ring (bicyclic) bond motifs is 1. The van der Waals surface area contributed by atoms with Gasteiger partial charge in [0.05, 0.1) is 23.5 Å². The molecule has 3 aromatic heterocycles. The van der Waals surface area contributed by atoms with Crippen molar-refractivity contribution >= 4 is 10.9 Å². The molecule has 0 atom stereocenters. The monoisotopic (exact) mass is 377 g/mol. The second-order valence-corrected chi connectivity index (χ2v) is 7.35. The summed E-state index contributed by atoms with van der Waals surface area (Å²) in [6.45, 7) is 8.21. The lowest BCUT2D eigenvalue weighted by Gasteiger charge is -2.09. The van der Waals surface area contributed by atoms with Crippen LogP contribution in [0.5, 0.6) is 5.75 Å². The molecule has 0 aliphatic rings. The van der Waals surface area contributed by atoms with Crippen molar-refractivity contribution in [3.63, 3.8) is 0 Å². The van der Waals surface area contributed by atoms with Gasteiger partial charge in [0.1, 0.15) is 11.4 Å². The van der Waals surface area contributed by atoms with Crippen molar-refractivity contribution in [2.24, 2.45) is 5.89 Å². The highest BCUT2D eigenvalue weighted by atomic mass is 16.5. The average molecular weight is 377 g/mol. The van der Waals surface area contributed by atoms with E-state index in [2.05, 4.69) is 20.3 Å². The van der Waals surface area contributed by atoms with E-state index in [0.29, 0.717) is 18.1 Å². The number of nitrogens with one attached hydrogen (secondary N) is 1. The molecule has 0 aliphatic carbocycles. The maximum atomic E-state index is 8.04. The van der Waals surface area contributed by atoms with Gasteiger partial charge in [-0.25, -0.2) is 9.97 Å². The molecule has 1 N–H and O–H groups in total. The Morgan fingerprint density at radius 3 is 2.86 bits per heavy atom. The molecule has 4 aromatic rings. The van der Waals surface area contributed by atoms with Gasteiger partial charge in [-0.3, -0.25) is 9.78 Å². The van der Waals surface area contributed by atoms with Crippen molar-refractivity contribution in [2.75, 3.05) is 0 Å². The van der Waals surface area contributed by atoms with Crippen LogP contribution in [-0.4, -0.2) is 36.0 Å². The molecule has 0 bridgehead atoms. The zero-order chi connectivity index (χ0) is 20.6. The summed E-state index contributed by atoms with van der Waals surface area (Å²) in [5.74, 6) is 0.721. The van der Waals surface area contributed by atoms with Crippen molar-refractivity contribution < 1.29 is 6.11 Å². The highest BCUT2D eigenvalue weighted by molar-refractivity contribution is 5.92. The summed E-state index contributed by atoms with van der Waals surface area (Å²) in [6, 6.07) is 7.67. The quantitative estimate of drug-likeness (QED) is 0.541. The number of nitrogens with zero attached hydrogens (tertiary/aromatic N) is 5. The molecule has 0 unspecified atom stereocenters. The normalized spacial score (nSPS) is 12.5. The van der Waals surface area contributed by atoms with Crippen LogP contribution in [0.3, 0.4) is 0 Å². The van der Waals surface area contributed by atoms with Crippen LogP contribution >= 0.6 is 0 Å². The minimum absolute atomic E-state index is 0.0904. The van der Waals surface area contributed by atoms with Crippen molar-refractivity contribution in [3.8, 4) is 28.5 Å². The molecule has 0 amide bonds. The highest BCUT2D eigenvalue weighted by Gasteiger charge is 2.14. The molecule has 0 fully saturated rings. The number of hydrogen-bond acceptors (Lipinski definition) is 5. The molecule has 144 valence electrons. The molecule has 0 saturated carbocycles. The molecule has 0 saturated heterocycles. The van der Waals surface area contributed by atoms with E-state index in [9.17, 15) is 0 Å². The molecular formula is C21H24N6O. The predicted molar refractivity (Wildman–Crippen MR) is 109 cm³/mol. The van der Waals surface area contributed by atoms with Gasteiger partial charge in [-0.1, -0.05) is 13.8 Å². The number of ether oxygens (including phenoxy) is 1. The van der Waals surface area contributed by atoms with Crippen LogP contribution in [0.1, 0.15) is 29.1 Å². The van der Waals surface area contributed by atoms with Crippen LogP contribution in [-0.2, 0) is 6.54 Å². The minimum atomic E-state index is -0.593. The van der Waals surface area contributed by atoms with Crippen LogP contribution in [0.25, 0.3) is 33.7 Å². The van der Waals surface area contributed by atoms with E-state index in [1.165, 1.54) is 0 Å². The summed E-state index contributed by atoms with van der Waals surface area (Å²) < 4.78 is 15.6. The molecule has 0 aliphatic heterocycles. The van der Waals surface area contributed by atoms with E-state index in [0.717, 1.165) is 27.9 Å². The zero-order valence-electron chi connectivity index (χ0n) is 17.5. The van der Waals surface area contributed by atoms with Gasteiger partial charge in [0, 0.05) is 31.3 Å². The molecule has 28 heavy (non-hydrogen) atoms. The SMILES string of the molecule is [2H]C(C)(C)Cn1cc(-c2ccnc(-c3n[nH]c4ccc(OC(C)C)cc34)n2)cn1. The first-order valence-electron chi connectivity index (χ1n) is 9.79. The minimum Gasteiger partial charge on any atom is -0.491 e. The Morgan fingerprint density at radius 1 is 1.21 bits per heavy atom. The number of rotatable bonds is 6. The fraction of sp³-hybridized carbons (Fsp3) is 0.333. The Hall–Kier alpha value is -3.22. The Balaban J connectivity index is 1.69. The highest BCUT2D eigenvalue weighted by Crippen LogP contribution is 2.29. The summed E-state index contributed by atoms with van der Waals surface area (Å²) >= 11 is 0. The van der Waals surface area contributed by atoms with E-state index >= 15 is 0 Å². The Labute approximate surface area is 165 Å². The summed E-state index contributed by atoms with van der Waals surface area (Å²) in [6.07, 6.45) is 5.47. The number of aromatic amines is 1. The Morgan fingerprint density at radius 2 is 2.07 bits per heavy atom. The number of hydrogen-bond donors (Lipinski definition) is 1. The summed E-state index contributed by atoms with van der Waals surface area (Å²) in [5.41, 5.74) is 3.21. The first kappa shape index (κ1) is 16.9. The average Bonchev–Trinajstić information content (AvgIpc) is 3.26. The van der Waals surface area contributed by atoms with Gasteiger partial charge < -0.3 is 4.74 Å². The molecular weight excluding hydrogens is 352 g/mol. The topological polar surface area (TPSA) is 81.5 Å². The largest absolute Gasteiger partial charge is 0.491 e. The van der Waals surface area contributed by atoms with Crippen molar-refractivity contribution in [2.45, 2.75) is 40.3 Å². The lowest BCUT2D eigenvalue weighted by Crippen LogP contribution is -2.05. The van der Waals surface area contributed by atoms with Crippen LogP contribution in [0, 0.1) is 5.89 Å². The number of H-pyrrole nitrogens is 1. The van der Waals surface area contributed by atoms with E-state index in [1.807, 2.05) is 58.2 Å². The number of aromatic nitrogens is 6. The van der Waals surface area contributed by atoms with Gasteiger partial charge >= 0.3 is 0 Å². The van der Waals surface area contributed by atoms with Gasteiger partial charge in [0.15, 0.2) is 5.82 Å². The second-order valence-electron chi connectivity index (χ2n) is 7.35. The predicted octanol–water partition coefficient (Wildman–Crippen LogP) is 4.33. The van der Waals surface area contributed by atoms with Crippen molar-refractivity contribution in [1.82, 2.24) is 29.9 Å². The molecule has 1 aromatic carbocycles. The van der Waals surface area contributed by atoms with Crippen LogP contribution < -0.4 is 4.74 Å². The fourth-order valence-electron chi connectivity index (χ4n) is 3.05. The maximum absolute atomic E-state index is 8.04. The maximum Gasteiger partial charge on any atom is 0.181 e. The van der Waals surface area contributed by atoms with Crippen LogP contribution in [0.15, 0.2) is 42.9 Å². The fourth-order valence-corrected chi connectivity index (χ4v) is 3.05. The molecule has 4 rings (SSSR count). The standard InChI is InChI=1S/C21H24N6O/c1-13(2)11-27-12-15(10-23-27)18-7-8-22-21(24-18)20-17-9-16(28-14(3)4)5-6-19(17)25-26-20/h5-10,12-14H,11H2,1-4H3,(H,25,26)/i13D. The van der Waals surface area contributed by atoms with E-state index < -0.39 is 5.89 Å². The zero-order valence-corrected chi connectivity index (χ0v) is 16.5. The van der Waals surface area contributed by atoms with E-state index in [-0.39, 0.29) is 6.10 Å². The summed E-state index contributed by atoms with van der Waals surface area (Å²) in [5, 5.41) is 12.7. The summed E-state index contributed by atoms with van der Waals surface area (Å²) in [4.78, 5) is 9.12. The first-order chi connectivity index (χ1) is 13.8. The third-order valence-electron chi connectivity index (χ3n) is 4.18. The second kappa shape index (κ2) is 7.42. The summed E-state index contributed by atoms with van der Waals surface area (Å²) in [7, 11) is 0. The lowest BCUT2D eigenvalue weighted by molar-refractivity contribution is 0.243. The van der Waals surface area contributed by atoms with Gasteiger partial charge in [-0.05, 0) is 44.0 Å². The molecule has 0 radical (unpaired) electrons. The van der Waals surface area contributed by atoms with Gasteiger partial charge in [-0.15, -0.1) is 0 Å².